The maximum absolute atomic E-state index is 13.6. The molecule has 2 aromatic rings. The maximum atomic E-state index is 13.6. The molecule has 1 aromatic heterocycles. The summed E-state index contributed by atoms with van der Waals surface area (Å²) in [5.74, 6) is -0.564. The van der Waals surface area contributed by atoms with Crippen LogP contribution in [0.1, 0.15) is 63.8 Å². The van der Waals surface area contributed by atoms with Gasteiger partial charge in [0.05, 0.1) is 17.2 Å². The molecule has 31 heavy (non-hydrogen) atoms. The fourth-order valence-corrected chi connectivity index (χ4v) is 3.93. The van der Waals surface area contributed by atoms with E-state index in [1.165, 1.54) is 4.57 Å². The average Bonchev–Trinajstić information content (AvgIpc) is 2.67. The summed E-state index contributed by atoms with van der Waals surface area (Å²) in [6, 6.07) is 6.60. The Labute approximate surface area is 183 Å². The second kappa shape index (κ2) is 9.45. The van der Waals surface area contributed by atoms with Crippen LogP contribution in [0.25, 0.3) is 11.3 Å². The Balaban J connectivity index is 3.02. The largest absolute Gasteiger partial charge is 0.464 e. The number of nitrogens with zero attached hydrogens (tertiary/aromatic N) is 2. The number of pyridine rings is 1. The minimum atomic E-state index is -0.980. The molecule has 1 heterocycles. The zero-order chi connectivity index (χ0) is 23.5. The van der Waals surface area contributed by atoms with Crippen molar-refractivity contribution in [2.24, 2.45) is 5.41 Å². The van der Waals surface area contributed by atoms with E-state index in [-0.39, 0.29) is 12.0 Å². The highest BCUT2D eigenvalue weighted by Gasteiger charge is 2.35. The zero-order valence-corrected chi connectivity index (χ0v) is 19.4. The molecule has 1 unspecified atom stereocenters. The van der Waals surface area contributed by atoms with Crippen molar-refractivity contribution in [1.82, 2.24) is 4.57 Å². The Morgan fingerprint density at radius 3 is 2.19 bits per heavy atom. The first-order valence-corrected chi connectivity index (χ1v) is 10.6. The van der Waals surface area contributed by atoms with Gasteiger partial charge in [0.1, 0.15) is 6.04 Å². The second-order valence-corrected chi connectivity index (χ2v) is 8.99. The molecule has 0 bridgehead atoms. The summed E-state index contributed by atoms with van der Waals surface area (Å²) in [7, 11) is 0. The van der Waals surface area contributed by atoms with Crippen LogP contribution in [0.5, 0.6) is 0 Å². The lowest BCUT2D eigenvalue weighted by molar-refractivity contribution is -0.387. The monoisotopic (exact) mass is 428 g/mol. The van der Waals surface area contributed by atoms with Crippen LogP contribution in [0.15, 0.2) is 29.1 Å². The highest BCUT2D eigenvalue weighted by Crippen LogP contribution is 2.36. The first-order chi connectivity index (χ1) is 14.4. The molecule has 2 rings (SSSR count). The van der Waals surface area contributed by atoms with E-state index in [1.54, 1.807) is 20.8 Å². The molecular weight excluding hydrogens is 396 g/mol. The lowest BCUT2D eigenvalue weighted by Gasteiger charge is -2.29. The first kappa shape index (κ1) is 24.3. The van der Waals surface area contributed by atoms with Crippen molar-refractivity contribution < 1.29 is 14.5 Å². The third-order valence-electron chi connectivity index (χ3n) is 5.29. The Bertz CT molecular complexity index is 1030. The number of hydrogen-bond acceptors (Lipinski definition) is 5. The molecule has 0 radical (unpaired) electrons. The van der Waals surface area contributed by atoms with Crippen molar-refractivity contribution in [2.45, 2.75) is 67.3 Å². The molecule has 0 amide bonds. The number of aryl methyl sites for hydroxylation is 1. The smallest absolute Gasteiger partial charge is 0.337 e. The minimum Gasteiger partial charge on any atom is -0.464 e. The van der Waals surface area contributed by atoms with Gasteiger partial charge in [0.2, 0.25) is 0 Å². The number of nitro groups is 1. The third kappa shape index (κ3) is 5.21. The van der Waals surface area contributed by atoms with Gasteiger partial charge in [-0.25, -0.2) is 4.79 Å². The van der Waals surface area contributed by atoms with Gasteiger partial charge in [-0.15, -0.1) is 0 Å². The quantitative estimate of drug-likeness (QED) is 0.346. The molecule has 0 aliphatic rings. The van der Waals surface area contributed by atoms with Crippen molar-refractivity contribution in [3.8, 4) is 11.3 Å². The SMILES string of the molecule is CCOC(=O)C(CC(C)(C)C)n1c(-c2ccc(C)cc2)c(C)c(CC)c([N+](=O)[O-])c1=O. The van der Waals surface area contributed by atoms with Gasteiger partial charge in [-0.05, 0) is 50.2 Å². The Morgan fingerprint density at radius 2 is 1.74 bits per heavy atom. The van der Waals surface area contributed by atoms with Crippen LogP contribution >= 0.6 is 0 Å². The van der Waals surface area contributed by atoms with Crippen molar-refractivity contribution in [3.05, 3.63) is 61.4 Å². The summed E-state index contributed by atoms with van der Waals surface area (Å²) < 4.78 is 6.59. The number of benzene rings is 1. The number of carbonyl (C=O) groups excluding carboxylic acids is 1. The molecule has 0 aliphatic heterocycles. The van der Waals surface area contributed by atoms with Gasteiger partial charge in [-0.2, -0.15) is 0 Å². The molecule has 168 valence electrons. The molecule has 7 nitrogen and oxygen atoms in total. The van der Waals surface area contributed by atoms with Gasteiger partial charge >= 0.3 is 17.2 Å². The highest BCUT2D eigenvalue weighted by molar-refractivity contribution is 5.77. The molecule has 0 saturated carbocycles. The summed E-state index contributed by atoms with van der Waals surface area (Å²) in [6.07, 6.45) is 0.632. The molecule has 0 spiro atoms. The van der Waals surface area contributed by atoms with Crippen LogP contribution in [0, 0.1) is 29.4 Å². The van der Waals surface area contributed by atoms with Gasteiger partial charge < -0.3 is 4.74 Å². The highest BCUT2D eigenvalue weighted by atomic mass is 16.6. The average molecular weight is 429 g/mol. The maximum Gasteiger partial charge on any atom is 0.337 e. The first-order valence-electron chi connectivity index (χ1n) is 10.6. The van der Waals surface area contributed by atoms with Crippen molar-refractivity contribution in [1.29, 1.82) is 0 Å². The lowest BCUT2D eigenvalue weighted by atomic mass is 9.87. The Morgan fingerprint density at radius 1 is 1.16 bits per heavy atom. The van der Waals surface area contributed by atoms with Crippen molar-refractivity contribution in [2.75, 3.05) is 6.61 Å². The Hall–Kier alpha value is -2.96. The predicted molar refractivity (Wildman–Crippen MR) is 121 cm³/mol. The Kier molecular flexibility index (Phi) is 7.41. The summed E-state index contributed by atoms with van der Waals surface area (Å²) in [5.41, 5.74) is 1.74. The molecule has 0 saturated heterocycles. The number of hydrogen-bond donors (Lipinski definition) is 0. The van der Waals surface area contributed by atoms with E-state index in [0.29, 0.717) is 29.7 Å². The van der Waals surface area contributed by atoms with E-state index in [9.17, 15) is 19.7 Å². The number of ether oxygens (including phenoxy) is 1. The molecule has 7 heteroatoms. The van der Waals surface area contributed by atoms with Crippen LogP contribution in [-0.2, 0) is 16.0 Å². The van der Waals surface area contributed by atoms with Crippen molar-refractivity contribution in [3.63, 3.8) is 0 Å². The molecule has 1 aromatic carbocycles. The van der Waals surface area contributed by atoms with E-state index in [0.717, 1.165) is 11.1 Å². The van der Waals surface area contributed by atoms with E-state index in [2.05, 4.69) is 0 Å². The normalized spacial score (nSPS) is 12.5. The van der Waals surface area contributed by atoms with Gasteiger partial charge in [0, 0.05) is 5.56 Å². The fraction of sp³-hybridized carbons (Fsp3) is 0.500. The minimum absolute atomic E-state index is 0.155. The fourth-order valence-electron chi connectivity index (χ4n) is 3.93. The molecular formula is C24H32N2O5. The summed E-state index contributed by atoms with van der Waals surface area (Å²) >= 11 is 0. The summed E-state index contributed by atoms with van der Waals surface area (Å²) in [6.45, 7) is 13.2. The molecule has 0 fully saturated rings. The number of carbonyl (C=O) groups is 1. The van der Waals surface area contributed by atoms with Crippen LogP contribution < -0.4 is 5.56 Å². The van der Waals surface area contributed by atoms with E-state index in [1.807, 2.05) is 52.0 Å². The molecule has 0 aliphatic carbocycles. The number of aromatic nitrogens is 1. The van der Waals surface area contributed by atoms with Crippen molar-refractivity contribution >= 4 is 11.7 Å². The van der Waals surface area contributed by atoms with Crippen LogP contribution in [0.2, 0.25) is 0 Å². The summed E-state index contributed by atoms with van der Waals surface area (Å²) in [5, 5.41) is 11.9. The lowest BCUT2D eigenvalue weighted by Crippen LogP contribution is -2.36. The van der Waals surface area contributed by atoms with Gasteiger partial charge in [-0.3, -0.25) is 19.5 Å². The van der Waals surface area contributed by atoms with Gasteiger partial charge in [0.25, 0.3) is 0 Å². The van der Waals surface area contributed by atoms with Crippen LogP contribution in [-0.4, -0.2) is 22.1 Å². The topological polar surface area (TPSA) is 91.4 Å². The number of rotatable bonds is 7. The summed E-state index contributed by atoms with van der Waals surface area (Å²) in [4.78, 5) is 37.8. The second-order valence-electron chi connectivity index (χ2n) is 8.99. The van der Waals surface area contributed by atoms with E-state index in [4.69, 9.17) is 4.74 Å². The standard InChI is InChI=1S/C24H32N2O5/c1-8-18-16(4)20(17-12-10-15(3)11-13-17)25(22(27)21(18)26(29)30)19(14-24(5,6)7)23(28)31-9-2/h10-13,19H,8-9,14H2,1-7H3. The number of esters is 1. The van der Waals surface area contributed by atoms with Crippen LogP contribution in [0.4, 0.5) is 5.69 Å². The molecule has 0 N–H and O–H groups in total. The van der Waals surface area contributed by atoms with E-state index < -0.39 is 28.2 Å². The van der Waals surface area contributed by atoms with Crippen LogP contribution in [0.3, 0.4) is 0 Å². The van der Waals surface area contributed by atoms with E-state index >= 15 is 0 Å². The molecule has 1 atom stereocenters. The third-order valence-corrected chi connectivity index (χ3v) is 5.29. The van der Waals surface area contributed by atoms with Gasteiger partial charge in [-0.1, -0.05) is 57.5 Å². The zero-order valence-electron chi connectivity index (χ0n) is 19.4. The predicted octanol–water partition coefficient (Wildman–Crippen LogP) is 5.14. The van der Waals surface area contributed by atoms with Gasteiger partial charge in [0.15, 0.2) is 0 Å².